The van der Waals surface area contributed by atoms with Gasteiger partial charge in [-0.25, -0.2) is 0 Å². The summed E-state index contributed by atoms with van der Waals surface area (Å²) < 4.78 is 36.8. The van der Waals surface area contributed by atoms with Gasteiger partial charge >= 0.3 is 6.18 Å². The summed E-state index contributed by atoms with van der Waals surface area (Å²) in [5, 5.41) is 10.3. The van der Waals surface area contributed by atoms with E-state index in [1.165, 1.54) is 0 Å². The largest absolute Gasteiger partial charge is 0.872 e. The molecule has 0 saturated carbocycles. The lowest BCUT2D eigenvalue weighted by molar-refractivity contribution is -0.296. The molecule has 0 aliphatic heterocycles. The Balaban J connectivity index is 2.97. The van der Waals surface area contributed by atoms with Gasteiger partial charge in [0.25, 0.3) is 0 Å². The minimum atomic E-state index is -4.61. The molecule has 1 aliphatic rings. The van der Waals surface area contributed by atoms with Crippen molar-refractivity contribution in [1.82, 2.24) is 0 Å². The van der Waals surface area contributed by atoms with Crippen molar-refractivity contribution in [2.24, 2.45) is 0 Å². The van der Waals surface area contributed by atoms with E-state index in [4.69, 9.17) is 23.2 Å². The lowest BCUT2D eigenvalue weighted by atomic mass is 9.98. The van der Waals surface area contributed by atoms with Crippen LogP contribution in [-0.2, 0) is 0 Å². The summed E-state index contributed by atoms with van der Waals surface area (Å²) in [7, 11) is 0. The van der Waals surface area contributed by atoms with Crippen LogP contribution in [-0.4, -0.2) is 11.1 Å². The Morgan fingerprint density at radius 1 is 1.46 bits per heavy atom. The molecular formula is C7H4Cl2F3O-. The fourth-order valence-electron chi connectivity index (χ4n) is 0.865. The highest BCUT2D eigenvalue weighted by Gasteiger charge is 2.52. The molecule has 0 spiro atoms. The Kier molecular flexibility index (Phi) is 2.56. The first-order valence-corrected chi connectivity index (χ1v) is 4.02. The molecule has 6 heteroatoms. The van der Waals surface area contributed by atoms with Gasteiger partial charge in [-0.1, -0.05) is 29.5 Å². The summed E-state index contributed by atoms with van der Waals surface area (Å²) in [5.74, 6) is -0.623. The average molecular weight is 232 g/mol. The second-order valence-electron chi connectivity index (χ2n) is 2.64. The smallest absolute Gasteiger partial charge is 0.411 e. The van der Waals surface area contributed by atoms with Crippen LogP contribution in [0.2, 0.25) is 0 Å². The molecule has 1 unspecified atom stereocenters. The predicted octanol–water partition coefficient (Wildman–Crippen LogP) is 2.30. The fraction of sp³-hybridized carbons (Fsp3) is 0.429. The maximum atomic E-state index is 12.3. The number of halogens is 5. The van der Waals surface area contributed by atoms with Crippen LogP contribution in [0.15, 0.2) is 22.9 Å². The summed E-state index contributed by atoms with van der Waals surface area (Å²) >= 11 is 10.5. The maximum Gasteiger partial charge on any atom is 0.411 e. The Hall–Kier alpha value is -0.350. The van der Waals surface area contributed by atoms with Gasteiger partial charge in [-0.3, -0.25) is 0 Å². The van der Waals surface area contributed by atoms with Crippen LogP contribution in [0.5, 0.6) is 0 Å². The molecule has 0 radical (unpaired) electrons. The third kappa shape index (κ3) is 1.94. The molecular weight excluding hydrogens is 228 g/mol. The quantitative estimate of drug-likeness (QED) is 0.587. The van der Waals surface area contributed by atoms with E-state index in [0.29, 0.717) is 6.08 Å². The summed E-state index contributed by atoms with van der Waals surface area (Å²) in [6, 6.07) is 0. The molecule has 1 aliphatic carbocycles. The molecule has 1 rings (SSSR count). The molecule has 0 amide bonds. The molecule has 0 saturated heterocycles. The van der Waals surface area contributed by atoms with E-state index in [2.05, 4.69) is 0 Å². The van der Waals surface area contributed by atoms with Gasteiger partial charge in [0, 0.05) is 11.5 Å². The molecule has 0 N–H and O–H groups in total. The molecule has 0 fully saturated rings. The van der Waals surface area contributed by atoms with Gasteiger partial charge in [0.2, 0.25) is 0 Å². The van der Waals surface area contributed by atoms with Crippen molar-refractivity contribution in [3.63, 3.8) is 0 Å². The molecule has 0 aromatic heterocycles. The number of alkyl halides is 4. The third-order valence-corrected chi connectivity index (χ3v) is 2.44. The van der Waals surface area contributed by atoms with Crippen molar-refractivity contribution >= 4 is 23.2 Å². The van der Waals surface area contributed by atoms with Crippen LogP contribution in [0.25, 0.3) is 0 Å². The van der Waals surface area contributed by atoms with Crippen LogP contribution in [0, 0.1) is 0 Å². The standard InChI is InChI=1S/C7H5Cl2F3O/c8-4-3-6(9,7(10,11)12)2-1-5(4)13/h1-2,13H,3H2/p-1. The zero-order valence-corrected chi connectivity index (χ0v) is 7.67. The average Bonchev–Trinajstić information content (AvgIpc) is 1.95. The van der Waals surface area contributed by atoms with E-state index in [1.54, 1.807) is 0 Å². The Morgan fingerprint density at radius 2 is 2.00 bits per heavy atom. The van der Waals surface area contributed by atoms with Crippen molar-refractivity contribution in [3.8, 4) is 0 Å². The molecule has 0 bridgehead atoms. The lowest BCUT2D eigenvalue weighted by Crippen LogP contribution is -2.39. The molecule has 1 atom stereocenters. The molecule has 0 heterocycles. The van der Waals surface area contributed by atoms with E-state index in [0.717, 1.165) is 6.08 Å². The number of rotatable bonds is 0. The number of hydrogen-bond donors (Lipinski definition) is 0. The maximum absolute atomic E-state index is 12.3. The molecule has 1 nitrogen and oxygen atoms in total. The van der Waals surface area contributed by atoms with Crippen molar-refractivity contribution in [2.45, 2.75) is 17.5 Å². The summed E-state index contributed by atoms with van der Waals surface area (Å²) in [6.07, 6.45) is -3.93. The van der Waals surface area contributed by atoms with E-state index in [9.17, 15) is 18.3 Å². The minimum Gasteiger partial charge on any atom is -0.872 e. The first-order chi connectivity index (χ1) is 5.76. The van der Waals surface area contributed by atoms with E-state index < -0.39 is 28.3 Å². The first-order valence-electron chi connectivity index (χ1n) is 3.27. The summed E-state index contributed by atoms with van der Waals surface area (Å²) in [6.45, 7) is 0. The summed E-state index contributed by atoms with van der Waals surface area (Å²) in [5.41, 5.74) is 0. The van der Waals surface area contributed by atoms with Crippen LogP contribution in [0.4, 0.5) is 13.2 Å². The van der Waals surface area contributed by atoms with Gasteiger partial charge in [0.1, 0.15) is 0 Å². The topological polar surface area (TPSA) is 23.1 Å². The van der Waals surface area contributed by atoms with Gasteiger partial charge < -0.3 is 5.11 Å². The van der Waals surface area contributed by atoms with Crippen LogP contribution in [0.1, 0.15) is 6.42 Å². The van der Waals surface area contributed by atoms with Crippen molar-refractivity contribution < 1.29 is 18.3 Å². The van der Waals surface area contributed by atoms with Crippen LogP contribution >= 0.6 is 23.2 Å². The van der Waals surface area contributed by atoms with Gasteiger partial charge in [0.15, 0.2) is 4.87 Å². The van der Waals surface area contributed by atoms with Crippen molar-refractivity contribution in [3.05, 3.63) is 22.9 Å². The van der Waals surface area contributed by atoms with E-state index in [1.807, 2.05) is 0 Å². The normalized spacial score (nSPS) is 29.6. The van der Waals surface area contributed by atoms with Crippen molar-refractivity contribution in [2.75, 3.05) is 0 Å². The minimum absolute atomic E-state index is 0.394. The zero-order valence-electron chi connectivity index (χ0n) is 6.16. The second-order valence-corrected chi connectivity index (χ2v) is 3.77. The Labute approximate surface area is 82.4 Å². The van der Waals surface area contributed by atoms with E-state index >= 15 is 0 Å². The SMILES string of the molecule is [O-]C1=C(Cl)CC(Cl)(C(F)(F)F)C=C1. The van der Waals surface area contributed by atoms with Gasteiger partial charge in [0.05, 0.1) is 0 Å². The monoisotopic (exact) mass is 231 g/mol. The Morgan fingerprint density at radius 3 is 2.38 bits per heavy atom. The number of hydrogen-bond acceptors (Lipinski definition) is 1. The van der Waals surface area contributed by atoms with Crippen LogP contribution < -0.4 is 5.11 Å². The van der Waals surface area contributed by atoms with Gasteiger partial charge in [-0.2, -0.15) is 13.2 Å². The van der Waals surface area contributed by atoms with Gasteiger partial charge in [-0.05, 0) is 0 Å². The Bertz CT molecular complexity index is 282. The molecule has 0 aromatic rings. The van der Waals surface area contributed by atoms with Crippen LogP contribution in [0.3, 0.4) is 0 Å². The van der Waals surface area contributed by atoms with Gasteiger partial charge in [-0.15, -0.1) is 11.6 Å². The molecule has 74 valence electrons. The number of allylic oxidation sites excluding steroid dienone is 3. The first kappa shape index (κ1) is 10.7. The summed E-state index contributed by atoms with van der Waals surface area (Å²) in [4.78, 5) is -2.53. The highest BCUT2D eigenvalue weighted by Crippen LogP contribution is 2.45. The molecule has 0 aromatic carbocycles. The van der Waals surface area contributed by atoms with Crippen molar-refractivity contribution in [1.29, 1.82) is 0 Å². The lowest BCUT2D eigenvalue weighted by Gasteiger charge is -2.31. The molecule has 13 heavy (non-hydrogen) atoms. The third-order valence-electron chi connectivity index (χ3n) is 1.65. The van der Waals surface area contributed by atoms with E-state index in [-0.39, 0.29) is 0 Å². The highest BCUT2D eigenvalue weighted by molar-refractivity contribution is 6.32. The highest BCUT2D eigenvalue weighted by atomic mass is 35.5. The second kappa shape index (κ2) is 3.10. The fourth-order valence-corrected chi connectivity index (χ4v) is 1.40. The zero-order chi connectivity index (χ0) is 10.3. The predicted molar refractivity (Wildman–Crippen MR) is 41.3 cm³/mol.